The van der Waals surface area contributed by atoms with Crippen LogP contribution in [0.2, 0.25) is 0 Å². The number of nitrogens with one attached hydrogen (secondary N) is 2. The smallest absolute Gasteiger partial charge is 0.248 e. The number of benzene rings is 2. The van der Waals surface area contributed by atoms with Crippen LogP contribution in [0.3, 0.4) is 0 Å². The minimum atomic E-state index is -0.515. The molecule has 0 spiro atoms. The Kier molecular flexibility index (Phi) is 6.69. The van der Waals surface area contributed by atoms with E-state index in [1.807, 2.05) is 24.3 Å². The number of aromatic nitrogens is 4. The summed E-state index contributed by atoms with van der Waals surface area (Å²) >= 11 is 0. The Bertz CT molecular complexity index is 1120. The van der Waals surface area contributed by atoms with Crippen LogP contribution in [-0.4, -0.2) is 39.7 Å². The zero-order chi connectivity index (χ0) is 23.2. The van der Waals surface area contributed by atoms with Crippen LogP contribution >= 0.6 is 0 Å². The number of hydrogen-bond acceptors (Lipinski definition) is 7. The van der Waals surface area contributed by atoms with Crippen LogP contribution in [0.1, 0.15) is 49.6 Å². The van der Waals surface area contributed by atoms with Gasteiger partial charge in [-0.05, 0) is 54.7 Å². The highest BCUT2D eigenvalue weighted by Crippen LogP contribution is 2.41. The van der Waals surface area contributed by atoms with Crippen molar-refractivity contribution in [3.8, 4) is 17.2 Å². The van der Waals surface area contributed by atoms with Crippen molar-refractivity contribution in [1.82, 2.24) is 20.6 Å². The summed E-state index contributed by atoms with van der Waals surface area (Å²) in [6, 6.07) is 13.1. The van der Waals surface area contributed by atoms with Crippen molar-refractivity contribution in [3.05, 3.63) is 59.9 Å². The van der Waals surface area contributed by atoms with Crippen LogP contribution in [0.5, 0.6) is 17.2 Å². The third-order valence-corrected chi connectivity index (χ3v) is 6.05. The monoisotopic (exact) mass is 461 g/mol. The van der Waals surface area contributed by atoms with Crippen molar-refractivity contribution in [3.63, 3.8) is 0 Å². The number of nitrogens with zero attached hydrogens (tertiary/aromatic N) is 3. The lowest BCUT2D eigenvalue weighted by Crippen LogP contribution is -2.24. The Labute approximate surface area is 197 Å². The van der Waals surface area contributed by atoms with E-state index in [-0.39, 0.29) is 12.5 Å². The third kappa shape index (κ3) is 5.36. The molecule has 3 aromatic rings. The second-order valence-corrected chi connectivity index (χ2v) is 8.53. The lowest BCUT2D eigenvalue weighted by atomic mass is 9.90. The van der Waals surface area contributed by atoms with E-state index in [9.17, 15) is 4.79 Å². The van der Waals surface area contributed by atoms with E-state index < -0.39 is 6.10 Å². The van der Waals surface area contributed by atoms with E-state index in [0.717, 1.165) is 17.9 Å². The molecular weight excluding hydrogens is 434 g/mol. The number of anilines is 1. The molecule has 1 atom stereocenters. The Balaban J connectivity index is 1.17. The number of amides is 1. The molecule has 0 radical (unpaired) electrons. The Morgan fingerprint density at radius 2 is 2.00 bits per heavy atom. The molecule has 1 aliphatic carbocycles. The van der Waals surface area contributed by atoms with Crippen LogP contribution in [-0.2, 0) is 4.79 Å². The second kappa shape index (κ2) is 10.4. The number of fused-ring (bicyclic) bond motifs is 1. The third-order valence-electron chi connectivity index (χ3n) is 6.05. The van der Waals surface area contributed by atoms with Gasteiger partial charge in [-0.2, -0.15) is 5.21 Å². The van der Waals surface area contributed by atoms with Gasteiger partial charge in [0.1, 0.15) is 12.4 Å². The van der Waals surface area contributed by atoms with Gasteiger partial charge in [0.2, 0.25) is 11.7 Å². The molecule has 1 amide bonds. The summed E-state index contributed by atoms with van der Waals surface area (Å²) < 4.78 is 17.7. The number of rotatable bonds is 7. The summed E-state index contributed by atoms with van der Waals surface area (Å²) in [6.45, 7) is 1.03. The van der Waals surface area contributed by atoms with Gasteiger partial charge in [0.15, 0.2) is 17.6 Å². The molecule has 0 bridgehead atoms. The molecule has 1 unspecified atom stereocenters. The molecule has 2 aliphatic rings. The van der Waals surface area contributed by atoms with Crippen LogP contribution in [0.15, 0.2) is 48.5 Å². The lowest BCUT2D eigenvalue weighted by Gasteiger charge is -2.26. The van der Waals surface area contributed by atoms with E-state index in [1.54, 1.807) is 24.3 Å². The van der Waals surface area contributed by atoms with Gasteiger partial charge < -0.3 is 19.5 Å². The van der Waals surface area contributed by atoms with Crippen LogP contribution in [0.4, 0.5) is 5.69 Å². The molecule has 0 saturated heterocycles. The van der Waals surface area contributed by atoms with Crippen molar-refractivity contribution in [2.75, 3.05) is 18.5 Å². The lowest BCUT2D eigenvalue weighted by molar-refractivity contribution is -0.111. The number of ether oxygens (including phenoxy) is 3. The maximum atomic E-state index is 12.6. The second-order valence-electron chi connectivity index (χ2n) is 8.53. The van der Waals surface area contributed by atoms with Crippen molar-refractivity contribution >= 4 is 17.7 Å². The quantitative estimate of drug-likeness (QED) is 0.504. The summed E-state index contributed by atoms with van der Waals surface area (Å²) in [4.78, 5) is 12.6. The first-order valence-electron chi connectivity index (χ1n) is 11.6. The first-order valence-corrected chi connectivity index (χ1v) is 11.6. The molecule has 1 saturated carbocycles. The molecule has 176 valence electrons. The molecule has 2 N–H and O–H groups in total. The van der Waals surface area contributed by atoms with Crippen LogP contribution < -0.4 is 19.5 Å². The fraction of sp³-hybridized carbons (Fsp3) is 0.360. The van der Waals surface area contributed by atoms with E-state index in [1.165, 1.54) is 38.2 Å². The summed E-state index contributed by atoms with van der Waals surface area (Å²) in [7, 11) is 0. The number of tetrazole rings is 1. The highest BCUT2D eigenvalue weighted by Gasteiger charge is 2.28. The normalized spacial score (nSPS) is 18.1. The topological polar surface area (TPSA) is 111 Å². The Morgan fingerprint density at radius 1 is 1.15 bits per heavy atom. The van der Waals surface area contributed by atoms with Gasteiger partial charge in [-0.1, -0.05) is 42.7 Å². The molecule has 2 aromatic carbocycles. The van der Waals surface area contributed by atoms with Gasteiger partial charge in [0.05, 0.1) is 12.3 Å². The van der Waals surface area contributed by atoms with Gasteiger partial charge in [-0.15, -0.1) is 10.2 Å². The zero-order valence-corrected chi connectivity index (χ0v) is 18.8. The number of carbonyl (C=O) groups excluding carboxylic acids is 1. The van der Waals surface area contributed by atoms with E-state index in [0.29, 0.717) is 28.9 Å². The van der Waals surface area contributed by atoms with Gasteiger partial charge in [0, 0.05) is 6.08 Å². The molecule has 5 rings (SSSR count). The van der Waals surface area contributed by atoms with Gasteiger partial charge in [0.25, 0.3) is 0 Å². The predicted octanol–water partition coefficient (Wildman–Crippen LogP) is 4.32. The standard InChI is InChI=1S/C25H27N5O4/c31-23(14-11-17-9-12-19(13-10-17)32-15-18-5-2-1-3-6-18)26-20-7-4-8-21-24(20)34-22(16-33-21)25-27-29-30-28-25/h4,7-14,18,22H,1-3,5-6,15-16H2,(H,26,31)(H,27,28,29,30). The van der Waals surface area contributed by atoms with Crippen molar-refractivity contribution in [2.45, 2.75) is 38.2 Å². The average Bonchev–Trinajstić information content (AvgIpc) is 3.43. The fourth-order valence-corrected chi connectivity index (χ4v) is 4.21. The Hall–Kier alpha value is -3.88. The van der Waals surface area contributed by atoms with Crippen molar-refractivity contribution in [2.24, 2.45) is 5.92 Å². The highest BCUT2D eigenvalue weighted by molar-refractivity contribution is 6.03. The summed E-state index contributed by atoms with van der Waals surface area (Å²) in [5.41, 5.74) is 1.42. The molecule has 1 fully saturated rings. The van der Waals surface area contributed by atoms with E-state index >= 15 is 0 Å². The SMILES string of the molecule is O=C(C=Cc1ccc(OCC2CCCCC2)cc1)Nc1cccc2c1OC(c1nn[nH]n1)CO2. The number of carbonyl (C=O) groups is 1. The molecule has 34 heavy (non-hydrogen) atoms. The zero-order valence-electron chi connectivity index (χ0n) is 18.8. The molecule has 1 aromatic heterocycles. The number of para-hydroxylation sites is 1. The molecular formula is C25H27N5O4. The van der Waals surface area contributed by atoms with E-state index in [4.69, 9.17) is 14.2 Å². The summed E-state index contributed by atoms with van der Waals surface area (Å²) in [5.74, 6) is 2.61. The maximum Gasteiger partial charge on any atom is 0.248 e. The van der Waals surface area contributed by atoms with Crippen LogP contribution in [0.25, 0.3) is 6.08 Å². The van der Waals surface area contributed by atoms with Gasteiger partial charge in [-0.3, -0.25) is 4.79 Å². The van der Waals surface area contributed by atoms with Crippen LogP contribution in [0, 0.1) is 5.92 Å². The number of aromatic amines is 1. The largest absolute Gasteiger partial charge is 0.493 e. The highest BCUT2D eigenvalue weighted by atomic mass is 16.6. The molecule has 2 heterocycles. The summed E-state index contributed by atoms with van der Waals surface area (Å²) in [6.07, 6.45) is 9.21. The average molecular weight is 462 g/mol. The predicted molar refractivity (Wildman–Crippen MR) is 126 cm³/mol. The Morgan fingerprint density at radius 3 is 2.79 bits per heavy atom. The minimum Gasteiger partial charge on any atom is -0.493 e. The molecule has 9 nitrogen and oxygen atoms in total. The molecule has 1 aliphatic heterocycles. The minimum absolute atomic E-state index is 0.254. The van der Waals surface area contributed by atoms with E-state index in [2.05, 4.69) is 25.9 Å². The van der Waals surface area contributed by atoms with Gasteiger partial charge in [-0.25, -0.2) is 0 Å². The first kappa shape index (κ1) is 21.9. The van der Waals surface area contributed by atoms with Gasteiger partial charge >= 0.3 is 0 Å². The number of hydrogen-bond donors (Lipinski definition) is 2. The first-order chi connectivity index (χ1) is 16.7. The fourth-order valence-electron chi connectivity index (χ4n) is 4.21. The van der Waals surface area contributed by atoms with Crippen molar-refractivity contribution < 1.29 is 19.0 Å². The summed E-state index contributed by atoms with van der Waals surface area (Å²) in [5, 5.41) is 16.7. The number of H-pyrrole nitrogens is 1. The maximum absolute atomic E-state index is 12.6. The van der Waals surface area contributed by atoms with Crippen molar-refractivity contribution in [1.29, 1.82) is 0 Å². The molecule has 9 heteroatoms.